The highest BCUT2D eigenvalue weighted by Crippen LogP contribution is 2.18. The molecule has 16 heavy (non-hydrogen) atoms. The predicted molar refractivity (Wildman–Crippen MR) is 60.0 cm³/mol. The van der Waals surface area contributed by atoms with Crippen LogP contribution in [0.3, 0.4) is 0 Å². The third-order valence-electron chi connectivity index (χ3n) is 2.01. The molecule has 5 nitrogen and oxygen atoms in total. The molecule has 0 aliphatic heterocycles. The maximum atomic E-state index is 11.4. The molecule has 0 fully saturated rings. The summed E-state index contributed by atoms with van der Waals surface area (Å²) >= 11 is 0. The van der Waals surface area contributed by atoms with Gasteiger partial charge in [0.15, 0.2) is 0 Å². The maximum Gasteiger partial charge on any atom is 0.409 e. The summed E-state index contributed by atoms with van der Waals surface area (Å²) in [6, 6.07) is 0. The minimum Gasteiger partial charge on any atom is -0.469 e. The third kappa shape index (κ3) is 4.33. The summed E-state index contributed by atoms with van der Waals surface area (Å²) in [7, 11) is 2.89. The number of esters is 1. The number of nitrogens with zero attached hydrogens (tertiary/aromatic N) is 1. The van der Waals surface area contributed by atoms with Crippen molar-refractivity contribution in [3.63, 3.8) is 0 Å². The Kier molecular flexibility index (Phi) is 5.56. The van der Waals surface area contributed by atoms with Crippen LogP contribution in [0.2, 0.25) is 0 Å². The highest BCUT2D eigenvalue weighted by atomic mass is 16.6. The molecule has 0 unspecified atom stereocenters. The second-order valence-electron chi connectivity index (χ2n) is 4.10. The molecule has 92 valence electrons. The molecule has 0 rings (SSSR count). The molecule has 0 aromatic rings. The molecular formula is C11H19NO4. The molecular weight excluding hydrogens is 210 g/mol. The largest absolute Gasteiger partial charge is 0.469 e. The average molecular weight is 229 g/mol. The van der Waals surface area contributed by atoms with E-state index in [-0.39, 0.29) is 19.1 Å². The van der Waals surface area contributed by atoms with Crippen molar-refractivity contribution < 1.29 is 19.1 Å². The zero-order valence-corrected chi connectivity index (χ0v) is 10.3. The molecule has 0 N–H and O–H groups in total. The van der Waals surface area contributed by atoms with Crippen LogP contribution in [0.25, 0.3) is 0 Å². The molecule has 0 aliphatic carbocycles. The summed E-state index contributed by atoms with van der Waals surface area (Å²) in [6.45, 7) is 7.23. The van der Waals surface area contributed by atoms with E-state index in [0.29, 0.717) is 0 Å². The Balaban J connectivity index is 4.31. The number of rotatable bonds is 5. The molecule has 0 radical (unpaired) electrons. The van der Waals surface area contributed by atoms with Gasteiger partial charge in [0, 0.05) is 13.6 Å². The second-order valence-corrected chi connectivity index (χ2v) is 4.10. The van der Waals surface area contributed by atoms with Gasteiger partial charge in [0.1, 0.15) is 6.61 Å². The van der Waals surface area contributed by atoms with Crippen molar-refractivity contribution in [2.75, 3.05) is 27.3 Å². The van der Waals surface area contributed by atoms with E-state index in [4.69, 9.17) is 4.74 Å². The highest BCUT2D eigenvalue weighted by Gasteiger charge is 2.31. The van der Waals surface area contributed by atoms with E-state index in [1.165, 1.54) is 18.1 Å². The smallest absolute Gasteiger partial charge is 0.409 e. The lowest BCUT2D eigenvalue weighted by molar-refractivity contribution is -0.151. The van der Waals surface area contributed by atoms with Gasteiger partial charge in [-0.2, -0.15) is 0 Å². The minimum atomic E-state index is -0.753. The Hall–Kier alpha value is -1.52. The summed E-state index contributed by atoms with van der Waals surface area (Å²) in [5, 5.41) is 0. The van der Waals surface area contributed by atoms with Gasteiger partial charge in [0.2, 0.25) is 0 Å². The zero-order chi connectivity index (χ0) is 12.8. The number of carbonyl (C=O) groups excluding carboxylic acids is 2. The molecule has 0 spiro atoms. The van der Waals surface area contributed by atoms with Crippen molar-refractivity contribution in [3.8, 4) is 0 Å². The van der Waals surface area contributed by atoms with Gasteiger partial charge in [-0.25, -0.2) is 4.79 Å². The Bertz CT molecular complexity index is 273. The van der Waals surface area contributed by atoms with Crippen LogP contribution in [0.5, 0.6) is 0 Å². The fourth-order valence-electron chi connectivity index (χ4n) is 1.24. The lowest BCUT2D eigenvalue weighted by atomic mass is 9.93. The van der Waals surface area contributed by atoms with Crippen molar-refractivity contribution in [2.45, 2.75) is 13.8 Å². The lowest BCUT2D eigenvalue weighted by Crippen LogP contribution is -2.41. The number of carbonyl (C=O) groups is 2. The number of ether oxygens (including phenoxy) is 2. The standard InChI is InChI=1S/C11H19NO4/c1-6-7-16-10(14)12(4)8-11(2,3)9(13)15-5/h6H,1,7-8H2,2-5H3. The van der Waals surface area contributed by atoms with Crippen molar-refractivity contribution >= 4 is 12.1 Å². The van der Waals surface area contributed by atoms with Crippen LogP contribution in [-0.4, -0.2) is 44.3 Å². The molecule has 0 saturated carbocycles. The maximum absolute atomic E-state index is 11.4. The summed E-state index contributed by atoms with van der Waals surface area (Å²) in [5.41, 5.74) is -0.753. The second kappa shape index (κ2) is 6.15. The first-order valence-corrected chi connectivity index (χ1v) is 4.92. The number of hydrogen-bond donors (Lipinski definition) is 0. The molecule has 0 atom stereocenters. The van der Waals surface area contributed by atoms with Crippen LogP contribution >= 0.6 is 0 Å². The van der Waals surface area contributed by atoms with E-state index in [9.17, 15) is 9.59 Å². The van der Waals surface area contributed by atoms with Crippen LogP contribution in [0, 0.1) is 5.41 Å². The summed E-state index contributed by atoms with van der Waals surface area (Å²) in [4.78, 5) is 24.1. The van der Waals surface area contributed by atoms with Crippen LogP contribution < -0.4 is 0 Å². The van der Waals surface area contributed by atoms with Gasteiger partial charge in [0.05, 0.1) is 12.5 Å². The average Bonchev–Trinajstić information content (AvgIpc) is 2.23. The summed E-state index contributed by atoms with van der Waals surface area (Å²) in [5.74, 6) is -0.365. The van der Waals surface area contributed by atoms with Crippen LogP contribution in [-0.2, 0) is 14.3 Å². The Morgan fingerprint density at radius 2 is 2.00 bits per heavy atom. The van der Waals surface area contributed by atoms with E-state index in [1.807, 2.05) is 0 Å². The first kappa shape index (κ1) is 14.5. The number of amides is 1. The van der Waals surface area contributed by atoms with E-state index in [0.717, 1.165) is 0 Å². The highest BCUT2D eigenvalue weighted by molar-refractivity contribution is 5.77. The topological polar surface area (TPSA) is 55.8 Å². The number of methoxy groups -OCH3 is 1. The molecule has 0 bridgehead atoms. The van der Waals surface area contributed by atoms with E-state index in [2.05, 4.69) is 11.3 Å². The van der Waals surface area contributed by atoms with Gasteiger partial charge in [-0.3, -0.25) is 4.79 Å². The monoisotopic (exact) mass is 229 g/mol. The van der Waals surface area contributed by atoms with Crippen LogP contribution in [0.15, 0.2) is 12.7 Å². The van der Waals surface area contributed by atoms with E-state index >= 15 is 0 Å². The Morgan fingerprint density at radius 1 is 1.44 bits per heavy atom. The molecule has 0 saturated heterocycles. The van der Waals surface area contributed by atoms with Gasteiger partial charge < -0.3 is 14.4 Å². The molecule has 1 amide bonds. The summed E-state index contributed by atoms with van der Waals surface area (Å²) in [6.07, 6.45) is 0.994. The predicted octanol–water partition coefficient (Wildman–Crippen LogP) is 1.44. The molecule has 5 heteroatoms. The van der Waals surface area contributed by atoms with Crippen LogP contribution in [0.1, 0.15) is 13.8 Å². The van der Waals surface area contributed by atoms with E-state index in [1.54, 1.807) is 20.9 Å². The van der Waals surface area contributed by atoms with Crippen molar-refractivity contribution in [1.29, 1.82) is 0 Å². The molecule has 0 aromatic carbocycles. The van der Waals surface area contributed by atoms with Gasteiger partial charge in [-0.1, -0.05) is 12.7 Å². The third-order valence-corrected chi connectivity index (χ3v) is 2.01. The van der Waals surface area contributed by atoms with Crippen molar-refractivity contribution in [3.05, 3.63) is 12.7 Å². The number of hydrogen-bond acceptors (Lipinski definition) is 4. The summed E-state index contributed by atoms with van der Waals surface area (Å²) < 4.78 is 9.47. The molecule has 0 heterocycles. The Labute approximate surface area is 96.0 Å². The fourth-order valence-corrected chi connectivity index (χ4v) is 1.24. The van der Waals surface area contributed by atoms with Gasteiger partial charge in [-0.15, -0.1) is 0 Å². The lowest BCUT2D eigenvalue weighted by Gasteiger charge is -2.27. The first-order valence-electron chi connectivity index (χ1n) is 4.92. The SMILES string of the molecule is C=CCOC(=O)N(C)CC(C)(C)C(=O)OC. The minimum absolute atomic E-state index is 0.155. The van der Waals surface area contributed by atoms with Crippen molar-refractivity contribution in [1.82, 2.24) is 4.90 Å². The quantitative estimate of drug-likeness (QED) is 0.528. The van der Waals surface area contributed by atoms with Gasteiger partial charge in [0.25, 0.3) is 0 Å². The van der Waals surface area contributed by atoms with Crippen LogP contribution in [0.4, 0.5) is 4.79 Å². The molecule has 0 aromatic heterocycles. The Morgan fingerprint density at radius 3 is 2.44 bits per heavy atom. The first-order chi connectivity index (χ1) is 7.35. The van der Waals surface area contributed by atoms with E-state index < -0.39 is 11.5 Å². The fraction of sp³-hybridized carbons (Fsp3) is 0.636. The van der Waals surface area contributed by atoms with Crippen molar-refractivity contribution in [2.24, 2.45) is 5.41 Å². The van der Waals surface area contributed by atoms with Gasteiger partial charge >= 0.3 is 12.1 Å². The molecule has 0 aliphatic rings. The van der Waals surface area contributed by atoms with Gasteiger partial charge in [-0.05, 0) is 13.8 Å². The normalized spacial score (nSPS) is 10.5. The zero-order valence-electron chi connectivity index (χ0n) is 10.3.